The van der Waals surface area contributed by atoms with Crippen molar-refractivity contribution >= 4 is 0 Å². The van der Waals surface area contributed by atoms with E-state index in [-0.39, 0.29) is 33.0 Å². The molecular weight excluding hydrogens is 1090 g/mol. The molecule has 474 valence electrons. The van der Waals surface area contributed by atoms with Crippen molar-refractivity contribution in [2.45, 2.75) is 184 Å². The van der Waals surface area contributed by atoms with E-state index in [1.54, 1.807) is 0 Å². The van der Waals surface area contributed by atoms with E-state index in [1.807, 2.05) is 0 Å². The number of aliphatic hydroxyl groups is 3. The topological polar surface area (TPSA) is 310 Å². The predicted molar refractivity (Wildman–Crippen MR) is 268 cm³/mol. The lowest BCUT2D eigenvalue weighted by molar-refractivity contribution is -0.409. The van der Waals surface area contributed by atoms with Crippen molar-refractivity contribution in [3.05, 3.63) is 0 Å². The minimum Gasteiger partial charge on any atom is -0.394 e. The zero-order valence-electron chi connectivity index (χ0n) is 48.9. The van der Waals surface area contributed by atoms with Gasteiger partial charge in [-0.2, -0.15) is 0 Å². The molecule has 3 N–H and O–H groups in total. The van der Waals surface area contributed by atoms with Gasteiger partial charge in [0.15, 0.2) is 37.7 Å². The number of hydrogen-bond acceptors (Lipinski definition) is 30. The number of hydrogen-bond donors (Lipinski definition) is 3. The van der Waals surface area contributed by atoms with Crippen molar-refractivity contribution in [2.75, 3.05) is 146 Å². The van der Waals surface area contributed by atoms with E-state index in [0.29, 0.717) is 0 Å². The summed E-state index contributed by atoms with van der Waals surface area (Å²) in [5, 5.41) is 34.8. The Bertz CT molecular complexity index is 1780. The molecule has 0 aliphatic carbocycles. The monoisotopic (exact) mass is 1180 g/mol. The maximum Gasteiger partial charge on any atom is 0.187 e. The molecule has 22 heterocycles. The normalized spacial score (nSPS) is 47.3. The average molecular weight is 1180 g/mol. The number of aliphatic hydroxyl groups excluding tert-OH is 3. The average Bonchev–Trinajstić information content (AvgIpc) is 3.46. The highest BCUT2D eigenvalue weighted by Crippen LogP contribution is 2.41. The van der Waals surface area contributed by atoms with E-state index in [0.717, 1.165) is 0 Å². The van der Waals surface area contributed by atoms with Crippen LogP contribution in [0.15, 0.2) is 0 Å². The minimum absolute atomic E-state index is 0.0270. The Hall–Kier alpha value is -1.20. The summed E-state index contributed by atoms with van der Waals surface area (Å²) in [6, 6.07) is 0. The molecule has 22 rings (SSSR count). The van der Waals surface area contributed by atoms with Crippen LogP contribution in [0, 0.1) is 0 Å². The SMILES string of the molecule is COC[C@H]1O[C@@H]2O[C@H]3[C@H](OC)[C@@H](OC)[C@@H](O[C@H]4[C@H](OC)[C@@H](OC)[C@@H](O[C@H]5[C@H](OC)[C@@H](OC)[C@@H](O[C@H]6[C@H](OC)[C@@H](OC)[C@@H](O[C@H]7[C@H](O)[C@@H](O)[C@@H](O[C@H]1[C@H](OC)[C@H]2OC)O[C@@H]7CO)O[C@@H]6COC)O[C@@H]5COC)O[C@@H]4COC)O[C@@H]3COC. The first-order valence-electron chi connectivity index (χ1n) is 26.9. The van der Waals surface area contributed by atoms with Crippen LogP contribution in [0.2, 0.25) is 0 Å². The quantitative estimate of drug-likeness (QED) is 0.102. The smallest absolute Gasteiger partial charge is 0.187 e. The molecule has 30 nitrogen and oxygen atoms in total. The van der Waals surface area contributed by atoms with Crippen molar-refractivity contribution in [2.24, 2.45) is 0 Å². The molecule has 22 aliphatic rings. The van der Waals surface area contributed by atoms with Gasteiger partial charge >= 0.3 is 0 Å². The maximum atomic E-state index is 12.0. The summed E-state index contributed by atoms with van der Waals surface area (Å²) in [7, 11) is 22.0. The number of rotatable bonds is 21. The highest BCUT2D eigenvalue weighted by Gasteiger charge is 2.61. The lowest BCUT2D eigenvalue weighted by Crippen LogP contribution is -2.70. The summed E-state index contributed by atoms with van der Waals surface area (Å²) in [6.45, 7) is -1.04. The maximum absolute atomic E-state index is 12.0. The number of ether oxygens (including phenoxy) is 27. The Morgan fingerprint density at radius 3 is 0.630 bits per heavy atom. The number of methoxy groups -OCH3 is 15. The van der Waals surface area contributed by atoms with Gasteiger partial charge in [-0.15, -0.1) is 0 Å². The van der Waals surface area contributed by atoms with Crippen molar-refractivity contribution in [1.29, 1.82) is 0 Å². The molecule has 81 heavy (non-hydrogen) atoms. The molecule has 0 amide bonds. The summed E-state index contributed by atoms with van der Waals surface area (Å²) in [4.78, 5) is 0. The third kappa shape index (κ3) is 14.4. The summed E-state index contributed by atoms with van der Waals surface area (Å²) in [6.07, 6.45) is -34.4. The molecule has 22 saturated heterocycles. The van der Waals surface area contributed by atoms with E-state index in [1.165, 1.54) is 107 Å². The van der Waals surface area contributed by atoms with Crippen molar-refractivity contribution in [1.82, 2.24) is 0 Å². The Morgan fingerprint density at radius 1 is 0.235 bits per heavy atom. The first kappa shape index (κ1) is 67.3. The molecule has 0 aromatic heterocycles. The molecule has 0 radical (unpaired) electrons. The second kappa shape index (κ2) is 32.2. The van der Waals surface area contributed by atoms with Crippen LogP contribution in [-0.2, 0) is 128 Å². The molecule has 0 aromatic rings. The Morgan fingerprint density at radius 2 is 0.432 bits per heavy atom. The van der Waals surface area contributed by atoms with Crippen LogP contribution < -0.4 is 0 Å². The molecule has 12 bridgehead atoms. The van der Waals surface area contributed by atoms with Gasteiger partial charge in [-0.1, -0.05) is 0 Å². The van der Waals surface area contributed by atoms with E-state index in [4.69, 9.17) is 128 Å². The Balaban J connectivity index is 1.32. The standard InChI is InChI=1S/C51H90O30/c1-55-17-23-31-36(60-6)42(66-12)48(72-23)79-33-25(19-57-3)74-50(44(68-14)38(33)62-8)81-35-27(21-59-5)75-51(45(69-15)40(35)64-10)80-34-26(20-58-4)73-49(43(67-13)39(34)63-9)78-32-24(18-56-2)71-47(41(65-11)37(32)61-7)76-30-22(16-52)70-46(77-31)29(54)28(30)53/h22-54H,16-21H2,1-15H3/t22-,23-,24-,25-,26-,27-,28-,29-,30-,31-,32-,33-,34-,35-,36+,37+,38+,39+,40+,41-,42-,43-,44-,45-,46-,47-,48-,49-,50-,51-/m1/s1. The molecule has 0 aromatic carbocycles. The van der Waals surface area contributed by atoms with E-state index in [9.17, 15) is 15.3 Å². The van der Waals surface area contributed by atoms with Crippen LogP contribution in [0.5, 0.6) is 0 Å². The highest BCUT2D eigenvalue weighted by molar-refractivity contribution is 5.03. The highest BCUT2D eigenvalue weighted by atomic mass is 16.8. The molecule has 22 fully saturated rings. The molecule has 30 atom stereocenters. The molecule has 0 spiro atoms. The van der Waals surface area contributed by atoms with Gasteiger partial charge in [0.25, 0.3) is 0 Å². The summed E-state index contributed by atoms with van der Waals surface area (Å²) in [5.74, 6) is 0. The zero-order valence-corrected chi connectivity index (χ0v) is 48.9. The van der Waals surface area contributed by atoms with Crippen LogP contribution in [0.25, 0.3) is 0 Å². The third-order valence-corrected chi connectivity index (χ3v) is 15.9. The molecule has 30 heteroatoms. The molecule has 0 unspecified atom stereocenters. The van der Waals surface area contributed by atoms with Gasteiger partial charge in [0.2, 0.25) is 0 Å². The molecule has 22 aliphatic heterocycles. The zero-order chi connectivity index (χ0) is 58.7. The fourth-order valence-corrected chi connectivity index (χ4v) is 12.1. The molecule has 0 saturated carbocycles. The second-order valence-corrected chi connectivity index (χ2v) is 20.3. The Kier molecular flexibility index (Phi) is 26.7. The third-order valence-electron chi connectivity index (χ3n) is 15.9. The summed E-state index contributed by atoms with van der Waals surface area (Å²) in [5.41, 5.74) is 0. The van der Waals surface area contributed by atoms with Gasteiger partial charge in [-0.3, -0.25) is 0 Å². The van der Waals surface area contributed by atoms with E-state index in [2.05, 4.69) is 0 Å². The molecular formula is C51H90O30. The van der Waals surface area contributed by atoms with Crippen molar-refractivity contribution in [3.63, 3.8) is 0 Å². The van der Waals surface area contributed by atoms with Gasteiger partial charge in [-0.25, -0.2) is 0 Å². The van der Waals surface area contributed by atoms with Gasteiger partial charge in [0.1, 0.15) is 146 Å². The van der Waals surface area contributed by atoms with Crippen molar-refractivity contribution in [3.8, 4) is 0 Å². The van der Waals surface area contributed by atoms with Crippen LogP contribution >= 0.6 is 0 Å². The Labute approximate surface area is 472 Å². The first-order chi connectivity index (χ1) is 39.3. The van der Waals surface area contributed by atoms with Crippen LogP contribution in [0.3, 0.4) is 0 Å². The van der Waals surface area contributed by atoms with Gasteiger partial charge in [-0.05, 0) is 0 Å². The van der Waals surface area contributed by atoms with Gasteiger partial charge in [0, 0.05) is 107 Å². The summed E-state index contributed by atoms with van der Waals surface area (Å²) >= 11 is 0. The van der Waals surface area contributed by atoms with Gasteiger partial charge < -0.3 is 143 Å². The summed E-state index contributed by atoms with van der Waals surface area (Å²) < 4.78 is 170. The lowest BCUT2D eigenvalue weighted by Gasteiger charge is -2.53. The van der Waals surface area contributed by atoms with Crippen molar-refractivity contribution < 1.29 is 143 Å². The fourth-order valence-electron chi connectivity index (χ4n) is 12.1. The van der Waals surface area contributed by atoms with Crippen LogP contribution in [0.1, 0.15) is 0 Å². The van der Waals surface area contributed by atoms with E-state index >= 15 is 0 Å². The van der Waals surface area contributed by atoms with Crippen LogP contribution in [0.4, 0.5) is 0 Å². The van der Waals surface area contributed by atoms with E-state index < -0.39 is 191 Å². The largest absolute Gasteiger partial charge is 0.394 e. The fraction of sp³-hybridized carbons (Fsp3) is 1.00. The lowest BCUT2D eigenvalue weighted by atomic mass is 9.94. The van der Waals surface area contributed by atoms with Gasteiger partial charge in [0.05, 0.1) is 39.6 Å². The predicted octanol–water partition coefficient (Wildman–Crippen LogP) is -3.24. The minimum atomic E-state index is -1.82. The second-order valence-electron chi connectivity index (χ2n) is 20.3. The van der Waals surface area contributed by atoms with Crippen LogP contribution in [-0.4, -0.2) is 346 Å². The first-order valence-corrected chi connectivity index (χ1v) is 26.9.